The van der Waals surface area contributed by atoms with E-state index in [2.05, 4.69) is 0 Å². The van der Waals surface area contributed by atoms with Gasteiger partial charge in [-0.25, -0.2) is 0 Å². The molecule has 16 heavy (non-hydrogen) atoms. The molecule has 3 N–H and O–H groups in total. The minimum Gasteiger partial charge on any atom is -0.481 e. The standard InChI is InChI=1S/C13H19NO2/c1-9-6-4-5-7-10(9)11(8-12(15)16)13(2,3)14/h4-7,11H,8,14H2,1-3H3,(H,15,16). The summed E-state index contributed by atoms with van der Waals surface area (Å²) >= 11 is 0. The number of hydrogen-bond acceptors (Lipinski definition) is 2. The van der Waals surface area contributed by atoms with Gasteiger partial charge in [-0.2, -0.15) is 0 Å². The molecule has 0 bridgehead atoms. The third kappa shape index (κ3) is 3.07. The van der Waals surface area contributed by atoms with Crippen molar-refractivity contribution in [1.29, 1.82) is 0 Å². The molecule has 0 saturated heterocycles. The van der Waals surface area contributed by atoms with E-state index in [1.165, 1.54) is 0 Å². The maximum absolute atomic E-state index is 10.9. The number of aryl methyl sites for hydroxylation is 1. The van der Waals surface area contributed by atoms with E-state index >= 15 is 0 Å². The zero-order valence-corrected chi connectivity index (χ0v) is 10.0. The Morgan fingerprint density at radius 3 is 2.44 bits per heavy atom. The van der Waals surface area contributed by atoms with Gasteiger partial charge in [0.1, 0.15) is 0 Å². The number of carbonyl (C=O) groups is 1. The van der Waals surface area contributed by atoms with Crippen LogP contribution in [0.4, 0.5) is 0 Å². The molecule has 1 aromatic carbocycles. The highest BCUT2D eigenvalue weighted by Crippen LogP contribution is 2.31. The summed E-state index contributed by atoms with van der Waals surface area (Å²) in [6.07, 6.45) is 0.0638. The van der Waals surface area contributed by atoms with E-state index in [-0.39, 0.29) is 12.3 Å². The van der Waals surface area contributed by atoms with Gasteiger partial charge >= 0.3 is 5.97 Å². The lowest BCUT2D eigenvalue weighted by molar-refractivity contribution is -0.137. The largest absolute Gasteiger partial charge is 0.481 e. The normalized spacial score (nSPS) is 13.5. The maximum atomic E-state index is 10.9. The molecule has 1 aromatic rings. The summed E-state index contributed by atoms with van der Waals surface area (Å²) in [5.74, 6) is -0.974. The van der Waals surface area contributed by atoms with Crippen LogP contribution in [-0.2, 0) is 4.79 Å². The fourth-order valence-corrected chi connectivity index (χ4v) is 1.93. The van der Waals surface area contributed by atoms with E-state index in [0.717, 1.165) is 11.1 Å². The van der Waals surface area contributed by atoms with Gasteiger partial charge in [-0.15, -0.1) is 0 Å². The van der Waals surface area contributed by atoms with Crippen LogP contribution in [0.5, 0.6) is 0 Å². The lowest BCUT2D eigenvalue weighted by Crippen LogP contribution is -2.40. The zero-order valence-electron chi connectivity index (χ0n) is 10.0. The van der Waals surface area contributed by atoms with E-state index in [9.17, 15) is 4.79 Å². The van der Waals surface area contributed by atoms with Gasteiger partial charge in [0.15, 0.2) is 0 Å². The van der Waals surface area contributed by atoms with Gasteiger partial charge in [-0.3, -0.25) is 4.79 Å². The topological polar surface area (TPSA) is 63.3 Å². The molecular formula is C13H19NO2. The third-order valence-electron chi connectivity index (χ3n) is 2.84. The van der Waals surface area contributed by atoms with Crippen LogP contribution in [-0.4, -0.2) is 16.6 Å². The van der Waals surface area contributed by atoms with Crippen molar-refractivity contribution in [1.82, 2.24) is 0 Å². The monoisotopic (exact) mass is 221 g/mol. The van der Waals surface area contributed by atoms with Gasteiger partial charge < -0.3 is 10.8 Å². The van der Waals surface area contributed by atoms with Gasteiger partial charge in [-0.1, -0.05) is 24.3 Å². The van der Waals surface area contributed by atoms with Crippen molar-refractivity contribution < 1.29 is 9.90 Å². The number of aliphatic carboxylic acids is 1. The summed E-state index contributed by atoms with van der Waals surface area (Å²) in [4.78, 5) is 10.9. The van der Waals surface area contributed by atoms with Gasteiger partial charge in [0.2, 0.25) is 0 Å². The van der Waals surface area contributed by atoms with Crippen molar-refractivity contribution in [3.05, 3.63) is 35.4 Å². The molecule has 0 aromatic heterocycles. The van der Waals surface area contributed by atoms with Crippen molar-refractivity contribution >= 4 is 5.97 Å². The number of carboxylic acids is 1. The van der Waals surface area contributed by atoms with Crippen molar-refractivity contribution in [3.8, 4) is 0 Å². The van der Waals surface area contributed by atoms with E-state index < -0.39 is 11.5 Å². The molecule has 0 saturated carbocycles. The second-order valence-electron chi connectivity index (χ2n) is 4.83. The number of carboxylic acid groups (broad SMARTS) is 1. The van der Waals surface area contributed by atoms with Gasteiger partial charge in [0, 0.05) is 11.5 Å². The minimum absolute atomic E-state index is 0.0638. The molecule has 0 aliphatic heterocycles. The highest BCUT2D eigenvalue weighted by atomic mass is 16.4. The first-order chi connectivity index (χ1) is 7.32. The van der Waals surface area contributed by atoms with Crippen LogP contribution in [0, 0.1) is 6.92 Å². The molecule has 0 fully saturated rings. The molecule has 88 valence electrons. The summed E-state index contributed by atoms with van der Waals surface area (Å²) in [6.45, 7) is 5.72. The minimum atomic E-state index is -0.813. The Balaban J connectivity index is 3.12. The predicted octanol–water partition coefficient (Wildman–Crippen LogP) is 2.29. The SMILES string of the molecule is Cc1ccccc1C(CC(=O)O)C(C)(C)N. The van der Waals surface area contributed by atoms with Gasteiger partial charge in [0.05, 0.1) is 6.42 Å². The Kier molecular flexibility index (Phi) is 3.70. The van der Waals surface area contributed by atoms with Crippen molar-refractivity contribution in [2.24, 2.45) is 5.73 Å². The van der Waals surface area contributed by atoms with E-state index in [4.69, 9.17) is 10.8 Å². The zero-order chi connectivity index (χ0) is 12.3. The Bertz CT molecular complexity index is 380. The Morgan fingerprint density at radius 2 is 2.00 bits per heavy atom. The average molecular weight is 221 g/mol. The first-order valence-corrected chi connectivity index (χ1v) is 5.38. The Morgan fingerprint density at radius 1 is 1.44 bits per heavy atom. The summed E-state index contributed by atoms with van der Waals surface area (Å²) in [6, 6.07) is 7.80. The first-order valence-electron chi connectivity index (χ1n) is 5.38. The highest BCUT2D eigenvalue weighted by Gasteiger charge is 2.29. The maximum Gasteiger partial charge on any atom is 0.304 e. The molecule has 1 rings (SSSR count). The number of benzene rings is 1. The second-order valence-corrected chi connectivity index (χ2v) is 4.83. The van der Waals surface area contributed by atoms with Crippen LogP contribution >= 0.6 is 0 Å². The van der Waals surface area contributed by atoms with E-state index in [0.29, 0.717) is 0 Å². The number of hydrogen-bond donors (Lipinski definition) is 2. The van der Waals surface area contributed by atoms with E-state index in [1.54, 1.807) is 0 Å². The fourth-order valence-electron chi connectivity index (χ4n) is 1.93. The van der Waals surface area contributed by atoms with Crippen LogP contribution < -0.4 is 5.73 Å². The van der Waals surface area contributed by atoms with Gasteiger partial charge in [0.25, 0.3) is 0 Å². The first kappa shape index (κ1) is 12.7. The molecule has 1 unspecified atom stereocenters. The van der Waals surface area contributed by atoms with Crippen LogP contribution in [0.1, 0.15) is 37.3 Å². The summed E-state index contributed by atoms with van der Waals surface area (Å²) < 4.78 is 0. The summed E-state index contributed by atoms with van der Waals surface area (Å²) in [5.41, 5.74) is 7.64. The summed E-state index contributed by atoms with van der Waals surface area (Å²) in [5, 5.41) is 8.94. The lowest BCUT2D eigenvalue weighted by Gasteiger charge is -2.31. The molecule has 0 spiro atoms. The van der Waals surface area contributed by atoms with Crippen molar-refractivity contribution in [2.45, 2.75) is 38.6 Å². The summed E-state index contributed by atoms with van der Waals surface area (Å²) in [7, 11) is 0. The predicted molar refractivity (Wildman–Crippen MR) is 64.4 cm³/mol. The van der Waals surface area contributed by atoms with Gasteiger partial charge in [-0.05, 0) is 31.9 Å². The Labute approximate surface area is 96.3 Å². The molecule has 1 atom stereocenters. The average Bonchev–Trinajstić information content (AvgIpc) is 2.13. The lowest BCUT2D eigenvalue weighted by atomic mass is 9.79. The second kappa shape index (κ2) is 4.66. The molecule has 3 nitrogen and oxygen atoms in total. The molecule has 0 radical (unpaired) electrons. The molecule has 0 amide bonds. The smallest absolute Gasteiger partial charge is 0.304 e. The van der Waals surface area contributed by atoms with Crippen molar-refractivity contribution in [2.75, 3.05) is 0 Å². The van der Waals surface area contributed by atoms with Crippen molar-refractivity contribution in [3.63, 3.8) is 0 Å². The van der Waals surface area contributed by atoms with Crippen LogP contribution in [0.3, 0.4) is 0 Å². The Hall–Kier alpha value is -1.35. The molecule has 0 heterocycles. The van der Waals surface area contributed by atoms with Crippen LogP contribution in [0.15, 0.2) is 24.3 Å². The molecule has 0 aliphatic rings. The van der Waals surface area contributed by atoms with Crippen LogP contribution in [0.25, 0.3) is 0 Å². The third-order valence-corrected chi connectivity index (χ3v) is 2.84. The van der Waals surface area contributed by atoms with E-state index in [1.807, 2.05) is 45.0 Å². The van der Waals surface area contributed by atoms with Crippen LogP contribution in [0.2, 0.25) is 0 Å². The molecule has 3 heteroatoms. The molecular weight excluding hydrogens is 202 g/mol. The number of nitrogens with two attached hydrogens (primary N) is 1. The fraction of sp³-hybridized carbons (Fsp3) is 0.462. The number of rotatable bonds is 4. The molecule has 0 aliphatic carbocycles. The highest BCUT2D eigenvalue weighted by molar-refractivity contribution is 5.68. The quantitative estimate of drug-likeness (QED) is 0.820.